The van der Waals surface area contributed by atoms with Gasteiger partial charge in [0.1, 0.15) is 27.6 Å². The molecule has 2 atom stereocenters. The highest BCUT2D eigenvalue weighted by Gasteiger charge is 2.43. The van der Waals surface area contributed by atoms with Crippen molar-refractivity contribution in [3.05, 3.63) is 76.0 Å². The SMILES string of the molecule is C=C1NCCCCn2c(=O)c(C3CCS(=O)(=O)CC3)cc3c(ncnc32)N[C@H](C)c2cccc(c2)C(F)(F)C2CCN(CC2)[C@@H]1C. The van der Waals surface area contributed by atoms with Crippen LogP contribution in [0, 0.1) is 5.92 Å². The molecule has 6 heterocycles. The second-order valence-corrected chi connectivity index (χ2v) is 15.5. The molecule has 1 aromatic carbocycles. The van der Waals surface area contributed by atoms with Crippen LogP contribution in [0.5, 0.6) is 0 Å². The van der Waals surface area contributed by atoms with Crippen molar-refractivity contribution < 1.29 is 17.2 Å². The van der Waals surface area contributed by atoms with E-state index in [1.807, 2.05) is 19.1 Å². The van der Waals surface area contributed by atoms with Crippen LogP contribution in [-0.2, 0) is 22.3 Å². The highest BCUT2D eigenvalue weighted by Crippen LogP contribution is 2.42. The maximum atomic E-state index is 16.0. The van der Waals surface area contributed by atoms with Gasteiger partial charge in [-0.3, -0.25) is 14.3 Å². The molecule has 2 fully saturated rings. The molecule has 4 aliphatic heterocycles. The van der Waals surface area contributed by atoms with Crippen molar-refractivity contribution in [2.24, 2.45) is 5.92 Å². The number of fused-ring (bicyclic) bond motifs is 9. The number of nitrogens with one attached hydrogen (secondary N) is 2. The van der Waals surface area contributed by atoms with Crippen LogP contribution in [0.3, 0.4) is 0 Å². The summed E-state index contributed by atoms with van der Waals surface area (Å²) in [5, 5.41) is 7.49. The molecule has 0 radical (unpaired) electrons. The zero-order valence-corrected chi connectivity index (χ0v) is 27.5. The van der Waals surface area contributed by atoms with Crippen molar-refractivity contribution in [2.75, 3.05) is 36.5 Å². The van der Waals surface area contributed by atoms with E-state index in [9.17, 15) is 13.2 Å². The molecule has 248 valence electrons. The van der Waals surface area contributed by atoms with E-state index in [-0.39, 0.29) is 40.6 Å². The largest absolute Gasteiger partial charge is 0.388 e. The van der Waals surface area contributed by atoms with E-state index in [4.69, 9.17) is 0 Å². The number of aromatic nitrogens is 3. The van der Waals surface area contributed by atoms with Gasteiger partial charge in [-0.05, 0) is 89.1 Å². The molecule has 2 N–H and O–H groups in total. The maximum absolute atomic E-state index is 16.0. The van der Waals surface area contributed by atoms with E-state index in [1.165, 1.54) is 12.4 Å². The van der Waals surface area contributed by atoms with Gasteiger partial charge in [0.2, 0.25) is 0 Å². The van der Waals surface area contributed by atoms with Gasteiger partial charge in [-0.15, -0.1) is 0 Å². The Morgan fingerprint density at radius 2 is 1.74 bits per heavy atom. The monoisotopic (exact) mass is 654 g/mol. The molecule has 0 aliphatic carbocycles. The first kappa shape index (κ1) is 32.6. The van der Waals surface area contributed by atoms with Crippen LogP contribution in [0.1, 0.15) is 81.0 Å². The Morgan fingerprint density at radius 1 is 1.00 bits per heavy atom. The molecule has 3 aromatic rings. The highest BCUT2D eigenvalue weighted by molar-refractivity contribution is 7.91. The van der Waals surface area contributed by atoms with Crippen LogP contribution in [-0.4, -0.2) is 65.0 Å². The number of benzene rings is 1. The Kier molecular flexibility index (Phi) is 9.22. The average Bonchev–Trinajstić information content (AvgIpc) is 3.05. The summed E-state index contributed by atoms with van der Waals surface area (Å²) in [6.07, 6.45) is 4.49. The van der Waals surface area contributed by atoms with E-state index < -0.39 is 21.7 Å². The van der Waals surface area contributed by atoms with Gasteiger partial charge < -0.3 is 10.6 Å². The lowest BCUT2D eigenvalue weighted by Crippen LogP contribution is -2.45. The van der Waals surface area contributed by atoms with Crippen molar-refractivity contribution in [3.63, 3.8) is 0 Å². The normalized spacial score (nSPS) is 27.4. The highest BCUT2D eigenvalue weighted by atomic mass is 32.2. The quantitative estimate of drug-likeness (QED) is 0.362. The van der Waals surface area contributed by atoms with Crippen LogP contribution < -0.4 is 16.2 Å². The van der Waals surface area contributed by atoms with Gasteiger partial charge in [0, 0.05) is 47.9 Å². The Morgan fingerprint density at radius 3 is 2.48 bits per heavy atom. The predicted octanol–water partition coefficient (Wildman–Crippen LogP) is 5.35. The Bertz CT molecular complexity index is 1760. The number of sulfone groups is 1. The fourth-order valence-corrected chi connectivity index (χ4v) is 8.71. The molecule has 4 aliphatic rings. The summed E-state index contributed by atoms with van der Waals surface area (Å²) < 4.78 is 58.0. The van der Waals surface area contributed by atoms with Gasteiger partial charge in [-0.1, -0.05) is 24.8 Å². The number of nitrogens with zero attached hydrogens (tertiary/aromatic N) is 4. The van der Waals surface area contributed by atoms with Crippen LogP contribution in [0.4, 0.5) is 14.6 Å². The molecule has 0 spiro atoms. The molecule has 8 bridgehead atoms. The molecule has 0 unspecified atom stereocenters. The number of halogens is 2. The van der Waals surface area contributed by atoms with Crippen LogP contribution >= 0.6 is 0 Å². The minimum Gasteiger partial charge on any atom is -0.388 e. The molecule has 2 saturated heterocycles. The van der Waals surface area contributed by atoms with Gasteiger partial charge in [0.25, 0.3) is 11.5 Å². The van der Waals surface area contributed by atoms with Crippen molar-refractivity contribution >= 4 is 26.7 Å². The number of hydrogen-bond donors (Lipinski definition) is 2. The van der Waals surface area contributed by atoms with Gasteiger partial charge in [0.15, 0.2) is 0 Å². The first-order chi connectivity index (χ1) is 21.9. The Labute approximate surface area is 269 Å². The van der Waals surface area contributed by atoms with E-state index in [1.54, 1.807) is 16.7 Å². The topological polar surface area (TPSA) is 109 Å². The van der Waals surface area contributed by atoms with E-state index in [2.05, 4.69) is 39.0 Å². The van der Waals surface area contributed by atoms with Crippen molar-refractivity contribution in [1.29, 1.82) is 0 Å². The van der Waals surface area contributed by atoms with Crippen LogP contribution in [0.25, 0.3) is 11.0 Å². The summed E-state index contributed by atoms with van der Waals surface area (Å²) in [7, 11) is -3.11. The molecule has 12 heteroatoms. The van der Waals surface area contributed by atoms with Gasteiger partial charge in [-0.25, -0.2) is 27.2 Å². The van der Waals surface area contributed by atoms with Gasteiger partial charge in [-0.2, -0.15) is 0 Å². The molecule has 0 amide bonds. The molecule has 0 saturated carbocycles. The number of aryl methyl sites for hydroxylation is 1. The fourth-order valence-electron chi connectivity index (χ4n) is 7.22. The van der Waals surface area contributed by atoms with Crippen molar-refractivity contribution in [3.8, 4) is 0 Å². The Balaban J connectivity index is 1.40. The minimum absolute atomic E-state index is 0.0107. The number of anilines is 1. The molecular weight excluding hydrogens is 610 g/mol. The van der Waals surface area contributed by atoms with Gasteiger partial charge in [0.05, 0.1) is 16.9 Å². The zero-order chi connectivity index (χ0) is 32.6. The summed E-state index contributed by atoms with van der Waals surface area (Å²) in [6.45, 7) is 10.5. The summed E-state index contributed by atoms with van der Waals surface area (Å²) in [5.41, 5.74) is 2.48. The number of alkyl halides is 2. The number of pyridine rings is 1. The lowest BCUT2D eigenvalue weighted by Gasteiger charge is -2.39. The molecular formula is C34H44F2N6O3S. The van der Waals surface area contributed by atoms with Crippen LogP contribution in [0.15, 0.2) is 53.7 Å². The van der Waals surface area contributed by atoms with E-state index in [0.29, 0.717) is 86.3 Å². The van der Waals surface area contributed by atoms with Crippen molar-refractivity contribution in [2.45, 2.75) is 82.8 Å². The maximum Gasteiger partial charge on any atom is 0.276 e. The number of hydrogen-bond acceptors (Lipinski definition) is 8. The lowest BCUT2D eigenvalue weighted by molar-refractivity contribution is -0.0872. The standard InChI is InChI=1S/C34H44F2N6O3S/c1-22-24(3)41-15-9-27(10-16-41)34(35,36)28-8-6-7-26(19-28)23(2)40-31-30-20-29(25-11-17-46(44,45)18-12-25)33(43)42(14-5-4-13-37-22)32(30)39-21-38-31/h6-8,19-21,23-25,27,37H,1,4-5,9-18H2,2-3H3,(H,38,39,40)/t23-,24-/m1/s1. The zero-order valence-electron chi connectivity index (χ0n) is 26.6. The smallest absolute Gasteiger partial charge is 0.276 e. The third kappa shape index (κ3) is 6.56. The molecule has 9 nitrogen and oxygen atoms in total. The van der Waals surface area contributed by atoms with E-state index >= 15 is 8.78 Å². The predicted molar refractivity (Wildman–Crippen MR) is 177 cm³/mol. The molecule has 2 aromatic heterocycles. The first-order valence-corrected chi connectivity index (χ1v) is 18.3. The number of piperidine rings is 1. The third-order valence-electron chi connectivity index (χ3n) is 10.3. The van der Waals surface area contributed by atoms with Gasteiger partial charge >= 0.3 is 0 Å². The fraction of sp³-hybridized carbons (Fsp3) is 0.559. The summed E-state index contributed by atoms with van der Waals surface area (Å²) in [5.74, 6) is -3.31. The van der Waals surface area contributed by atoms with E-state index in [0.717, 1.165) is 12.1 Å². The van der Waals surface area contributed by atoms with Crippen LogP contribution in [0.2, 0.25) is 0 Å². The lowest BCUT2D eigenvalue weighted by atomic mass is 9.85. The first-order valence-electron chi connectivity index (χ1n) is 16.4. The minimum atomic E-state index is -3.11. The molecule has 7 rings (SSSR count). The summed E-state index contributed by atoms with van der Waals surface area (Å²) in [6, 6.07) is 8.08. The average molecular weight is 655 g/mol. The Hall–Kier alpha value is -3.38. The second kappa shape index (κ2) is 13.0. The second-order valence-electron chi connectivity index (χ2n) is 13.2. The third-order valence-corrected chi connectivity index (χ3v) is 12.0. The summed E-state index contributed by atoms with van der Waals surface area (Å²) >= 11 is 0. The summed E-state index contributed by atoms with van der Waals surface area (Å²) in [4.78, 5) is 25.2. The number of rotatable bonds is 1. The van der Waals surface area contributed by atoms with Crippen molar-refractivity contribution in [1.82, 2.24) is 24.8 Å². The molecule has 46 heavy (non-hydrogen) atoms.